The number of nitrogens with two attached hydrogens (primary N) is 1. The van der Waals surface area contributed by atoms with Gasteiger partial charge in [0.25, 0.3) is 0 Å². The zero-order chi connectivity index (χ0) is 29.6. The minimum absolute atomic E-state index is 0.00500. The molecule has 0 fully saturated rings. The predicted octanol–water partition coefficient (Wildman–Crippen LogP) is 6.73. The number of hydrogen-bond donors (Lipinski definition) is 1. The Kier molecular flexibility index (Phi) is 8.44. The molecule has 0 saturated heterocycles. The minimum atomic E-state index is -0.830. The lowest BCUT2D eigenvalue weighted by molar-refractivity contribution is -0.141. The van der Waals surface area contributed by atoms with Crippen LogP contribution in [0.15, 0.2) is 102 Å². The van der Waals surface area contributed by atoms with E-state index in [9.17, 15) is 10.1 Å². The zero-order valence-corrected chi connectivity index (χ0v) is 23.8. The number of aryl methyl sites for hydroxylation is 2. The van der Waals surface area contributed by atoms with Gasteiger partial charge in [-0.05, 0) is 67.3 Å². The highest BCUT2D eigenvalue weighted by Crippen LogP contribution is 2.43. The SMILES string of the molecule is CCc1ccc(OC(C)C(=O)Oc2ccc3c(c2)OC(N)=C(C#N)C3c2ccc(OCc3ccc(C)cc3)cc2)cc1. The van der Waals surface area contributed by atoms with Crippen LogP contribution in [0.3, 0.4) is 0 Å². The maximum absolute atomic E-state index is 12.8. The van der Waals surface area contributed by atoms with Crippen LogP contribution in [0.2, 0.25) is 0 Å². The quantitative estimate of drug-likeness (QED) is 0.179. The van der Waals surface area contributed by atoms with Crippen LogP contribution in [0.25, 0.3) is 0 Å². The average Bonchev–Trinajstić information content (AvgIpc) is 3.00. The van der Waals surface area contributed by atoms with Gasteiger partial charge in [-0.25, -0.2) is 4.79 Å². The third-order valence-corrected chi connectivity index (χ3v) is 7.12. The number of benzene rings is 4. The first-order valence-corrected chi connectivity index (χ1v) is 13.8. The van der Waals surface area contributed by atoms with E-state index in [1.54, 1.807) is 25.1 Å². The fourth-order valence-corrected chi connectivity index (χ4v) is 4.70. The van der Waals surface area contributed by atoms with Crippen LogP contribution in [0.1, 0.15) is 47.6 Å². The monoisotopic (exact) mass is 560 g/mol. The van der Waals surface area contributed by atoms with Gasteiger partial charge in [0.2, 0.25) is 5.88 Å². The molecule has 7 nitrogen and oxygen atoms in total. The van der Waals surface area contributed by atoms with Gasteiger partial charge in [0, 0.05) is 11.6 Å². The van der Waals surface area contributed by atoms with E-state index < -0.39 is 18.0 Å². The second-order valence-electron chi connectivity index (χ2n) is 10.1. The first-order chi connectivity index (χ1) is 20.3. The van der Waals surface area contributed by atoms with E-state index in [1.807, 2.05) is 67.6 Å². The number of carbonyl (C=O) groups excluding carboxylic acids is 1. The number of fused-ring (bicyclic) bond motifs is 1. The average molecular weight is 561 g/mol. The Morgan fingerprint density at radius 1 is 0.929 bits per heavy atom. The van der Waals surface area contributed by atoms with Crippen LogP contribution in [0.4, 0.5) is 0 Å². The van der Waals surface area contributed by atoms with Crippen LogP contribution < -0.4 is 24.7 Å². The van der Waals surface area contributed by atoms with Crippen molar-refractivity contribution in [2.24, 2.45) is 5.73 Å². The number of hydrogen-bond acceptors (Lipinski definition) is 7. The molecule has 0 amide bonds. The van der Waals surface area contributed by atoms with Gasteiger partial charge in [-0.2, -0.15) is 5.26 Å². The van der Waals surface area contributed by atoms with Crippen LogP contribution in [0.5, 0.6) is 23.0 Å². The lowest BCUT2D eigenvalue weighted by Gasteiger charge is -2.27. The molecule has 2 atom stereocenters. The molecule has 1 heterocycles. The lowest BCUT2D eigenvalue weighted by Crippen LogP contribution is -2.28. The number of carbonyl (C=O) groups is 1. The standard InChI is InChI=1S/C35H32N2O5/c1-4-24-9-13-28(14-10-24)40-23(3)35(38)41-29-17-18-30-32(19-29)42-34(37)31(20-36)33(30)26-11-15-27(16-12-26)39-21-25-7-5-22(2)6-8-25/h5-19,23,33H,4,21,37H2,1-3H3. The van der Waals surface area contributed by atoms with Gasteiger partial charge in [0.05, 0.1) is 5.92 Å². The van der Waals surface area contributed by atoms with Gasteiger partial charge >= 0.3 is 5.97 Å². The van der Waals surface area contributed by atoms with Crippen molar-refractivity contribution in [2.75, 3.05) is 0 Å². The first kappa shape index (κ1) is 28.3. The van der Waals surface area contributed by atoms with Gasteiger partial charge in [0.1, 0.15) is 41.2 Å². The molecule has 212 valence electrons. The summed E-state index contributed by atoms with van der Waals surface area (Å²) in [6, 6.07) is 30.6. The normalized spacial score (nSPS) is 14.7. The molecule has 1 aliphatic rings. The van der Waals surface area contributed by atoms with E-state index in [0.717, 1.165) is 23.1 Å². The Labute approximate surface area is 245 Å². The number of rotatable bonds is 9. The summed E-state index contributed by atoms with van der Waals surface area (Å²) in [5, 5.41) is 9.91. The van der Waals surface area contributed by atoms with Gasteiger partial charge in [0.15, 0.2) is 6.10 Å². The van der Waals surface area contributed by atoms with Crippen LogP contribution in [-0.2, 0) is 17.8 Å². The van der Waals surface area contributed by atoms with Gasteiger partial charge in [-0.3, -0.25) is 0 Å². The number of esters is 1. The Bertz CT molecular complexity index is 1640. The Morgan fingerprint density at radius 3 is 2.24 bits per heavy atom. The van der Waals surface area contributed by atoms with E-state index >= 15 is 0 Å². The van der Waals surface area contributed by atoms with Crippen molar-refractivity contribution in [1.82, 2.24) is 0 Å². The summed E-state index contributed by atoms with van der Waals surface area (Å²) in [5.41, 5.74) is 11.5. The van der Waals surface area contributed by atoms with Crippen molar-refractivity contribution in [3.8, 4) is 29.1 Å². The largest absolute Gasteiger partial charge is 0.489 e. The Morgan fingerprint density at radius 2 is 1.57 bits per heavy atom. The van der Waals surface area contributed by atoms with Crippen LogP contribution in [-0.4, -0.2) is 12.1 Å². The molecular weight excluding hydrogens is 528 g/mol. The Hall–Kier alpha value is -5.22. The molecule has 0 aromatic heterocycles. The van der Waals surface area contributed by atoms with E-state index in [2.05, 4.69) is 25.1 Å². The summed E-state index contributed by atoms with van der Waals surface area (Å²) in [4.78, 5) is 12.8. The second kappa shape index (κ2) is 12.5. The highest BCUT2D eigenvalue weighted by molar-refractivity contribution is 5.77. The second-order valence-corrected chi connectivity index (χ2v) is 10.1. The molecule has 0 bridgehead atoms. The molecule has 0 aliphatic carbocycles. The predicted molar refractivity (Wildman–Crippen MR) is 159 cm³/mol. The van der Waals surface area contributed by atoms with Crippen molar-refractivity contribution in [3.63, 3.8) is 0 Å². The number of ether oxygens (including phenoxy) is 4. The summed E-state index contributed by atoms with van der Waals surface area (Å²) in [7, 11) is 0. The third-order valence-electron chi connectivity index (χ3n) is 7.12. The van der Waals surface area contributed by atoms with Crippen LogP contribution in [0, 0.1) is 18.3 Å². The molecule has 2 N–H and O–H groups in total. The topological polar surface area (TPSA) is 104 Å². The van der Waals surface area contributed by atoms with Gasteiger partial charge in [-0.15, -0.1) is 0 Å². The highest BCUT2D eigenvalue weighted by Gasteiger charge is 2.31. The molecule has 1 aliphatic heterocycles. The summed E-state index contributed by atoms with van der Waals surface area (Å²) < 4.78 is 23.1. The van der Waals surface area contributed by atoms with E-state index in [1.165, 1.54) is 11.1 Å². The van der Waals surface area contributed by atoms with Crippen molar-refractivity contribution < 1.29 is 23.7 Å². The van der Waals surface area contributed by atoms with Crippen molar-refractivity contribution in [1.29, 1.82) is 5.26 Å². The highest BCUT2D eigenvalue weighted by atomic mass is 16.6. The first-order valence-electron chi connectivity index (χ1n) is 13.8. The summed E-state index contributed by atoms with van der Waals surface area (Å²) in [6.45, 7) is 6.21. The molecule has 4 aromatic carbocycles. The summed E-state index contributed by atoms with van der Waals surface area (Å²) in [5.74, 6) is 0.981. The number of allylic oxidation sites excluding steroid dienone is 1. The number of nitriles is 1. The molecule has 5 rings (SSSR count). The smallest absolute Gasteiger partial charge is 0.352 e. The molecule has 0 spiro atoms. The van der Waals surface area contributed by atoms with E-state index in [-0.39, 0.29) is 11.6 Å². The van der Waals surface area contributed by atoms with Crippen molar-refractivity contribution >= 4 is 5.97 Å². The lowest BCUT2D eigenvalue weighted by atomic mass is 9.83. The zero-order valence-electron chi connectivity index (χ0n) is 23.8. The van der Waals surface area contributed by atoms with E-state index in [4.69, 9.17) is 24.7 Å². The Balaban J connectivity index is 1.30. The maximum Gasteiger partial charge on any atom is 0.352 e. The fourth-order valence-electron chi connectivity index (χ4n) is 4.70. The van der Waals surface area contributed by atoms with Gasteiger partial charge < -0.3 is 24.7 Å². The fraction of sp³-hybridized carbons (Fsp3) is 0.200. The van der Waals surface area contributed by atoms with Gasteiger partial charge in [-0.1, -0.05) is 67.1 Å². The molecule has 4 aromatic rings. The molecule has 7 heteroatoms. The molecule has 42 heavy (non-hydrogen) atoms. The summed E-state index contributed by atoms with van der Waals surface area (Å²) >= 11 is 0. The van der Waals surface area contributed by atoms with Crippen molar-refractivity contribution in [2.45, 2.75) is 45.8 Å². The molecule has 2 unspecified atom stereocenters. The minimum Gasteiger partial charge on any atom is -0.489 e. The van der Waals surface area contributed by atoms with Crippen molar-refractivity contribution in [3.05, 3.63) is 130 Å². The maximum atomic E-state index is 12.8. The third kappa shape index (κ3) is 6.39. The van der Waals surface area contributed by atoms with Crippen LogP contribution >= 0.6 is 0 Å². The van der Waals surface area contributed by atoms with E-state index in [0.29, 0.717) is 29.4 Å². The molecule has 0 radical (unpaired) electrons. The summed E-state index contributed by atoms with van der Waals surface area (Å²) in [6.07, 6.45) is 0.0900. The molecule has 0 saturated carbocycles. The number of nitrogens with zero attached hydrogens (tertiary/aromatic N) is 1. The molecular formula is C35H32N2O5.